The maximum Gasteiger partial charge on any atom is 0.160 e. The van der Waals surface area contributed by atoms with E-state index in [2.05, 4.69) is 15.5 Å². The molecule has 2 aromatic heterocycles. The van der Waals surface area contributed by atoms with Crippen LogP contribution < -0.4 is 5.32 Å². The first-order valence-corrected chi connectivity index (χ1v) is 6.44. The van der Waals surface area contributed by atoms with Gasteiger partial charge in [-0.3, -0.25) is 4.40 Å². The lowest BCUT2D eigenvalue weighted by Crippen LogP contribution is -2.14. The normalized spacial score (nSPS) is 11.0. The van der Waals surface area contributed by atoms with Crippen molar-refractivity contribution >= 4 is 17.2 Å². The van der Waals surface area contributed by atoms with Crippen LogP contribution in [0.4, 0.5) is 0 Å². The number of halogens is 1. The molecule has 0 aliphatic rings. The van der Waals surface area contributed by atoms with Crippen molar-refractivity contribution in [1.29, 1.82) is 0 Å². The van der Waals surface area contributed by atoms with E-state index in [0.717, 1.165) is 23.0 Å². The molecule has 0 amide bonds. The van der Waals surface area contributed by atoms with Crippen molar-refractivity contribution < 1.29 is 0 Å². The molecular formula is C14H13ClN4. The Kier molecular flexibility index (Phi) is 3.44. The van der Waals surface area contributed by atoms with Crippen LogP contribution in [0.1, 0.15) is 11.4 Å². The molecule has 0 saturated carbocycles. The van der Waals surface area contributed by atoms with Gasteiger partial charge in [-0.05, 0) is 29.8 Å². The fraction of sp³-hybridized carbons (Fsp3) is 0.143. The zero-order chi connectivity index (χ0) is 13.1. The minimum Gasteiger partial charge on any atom is -0.306 e. The average molecular weight is 273 g/mol. The van der Waals surface area contributed by atoms with E-state index in [1.807, 2.05) is 53.1 Å². The smallest absolute Gasteiger partial charge is 0.160 e. The van der Waals surface area contributed by atoms with Crippen LogP contribution in [0.2, 0.25) is 5.02 Å². The number of benzene rings is 1. The Balaban J connectivity index is 1.65. The molecule has 0 saturated heterocycles. The molecule has 5 heteroatoms. The van der Waals surface area contributed by atoms with Crippen LogP contribution in [0.3, 0.4) is 0 Å². The van der Waals surface area contributed by atoms with Gasteiger partial charge < -0.3 is 5.32 Å². The molecule has 0 atom stereocenters. The molecule has 2 heterocycles. The molecule has 0 aliphatic carbocycles. The summed E-state index contributed by atoms with van der Waals surface area (Å²) < 4.78 is 1.98. The highest BCUT2D eigenvalue weighted by atomic mass is 35.5. The molecule has 0 radical (unpaired) electrons. The minimum atomic E-state index is 0.674. The summed E-state index contributed by atoms with van der Waals surface area (Å²) >= 11 is 5.85. The standard InChI is InChI=1S/C14H13ClN4/c15-12-6-4-11(5-7-12)9-16-10-14-18-17-13-3-1-2-8-19(13)14/h1-8,16H,9-10H2. The lowest BCUT2D eigenvalue weighted by atomic mass is 10.2. The van der Waals surface area contributed by atoms with Crippen molar-refractivity contribution in [2.75, 3.05) is 0 Å². The SMILES string of the molecule is Clc1ccc(CNCc2nnc3ccccn23)cc1. The third kappa shape index (κ3) is 2.75. The van der Waals surface area contributed by atoms with E-state index >= 15 is 0 Å². The Labute approximate surface area is 116 Å². The van der Waals surface area contributed by atoms with Crippen molar-refractivity contribution in [1.82, 2.24) is 19.9 Å². The summed E-state index contributed by atoms with van der Waals surface area (Å²) in [5.74, 6) is 0.907. The monoisotopic (exact) mass is 272 g/mol. The minimum absolute atomic E-state index is 0.674. The number of nitrogens with one attached hydrogen (secondary N) is 1. The zero-order valence-corrected chi connectivity index (χ0v) is 11.0. The van der Waals surface area contributed by atoms with Gasteiger partial charge in [-0.15, -0.1) is 10.2 Å². The average Bonchev–Trinajstić information content (AvgIpc) is 2.85. The lowest BCUT2D eigenvalue weighted by molar-refractivity contribution is 0.657. The predicted molar refractivity (Wildman–Crippen MR) is 75.0 cm³/mol. The van der Waals surface area contributed by atoms with Crippen LogP contribution in [0.15, 0.2) is 48.7 Å². The van der Waals surface area contributed by atoms with Gasteiger partial charge in [-0.1, -0.05) is 29.8 Å². The lowest BCUT2D eigenvalue weighted by Gasteiger charge is -2.04. The Hall–Kier alpha value is -1.91. The van der Waals surface area contributed by atoms with Crippen LogP contribution in [0, 0.1) is 0 Å². The number of nitrogens with zero attached hydrogens (tertiary/aromatic N) is 3. The Morgan fingerprint density at radius 3 is 2.68 bits per heavy atom. The second-order valence-electron chi connectivity index (χ2n) is 4.28. The molecule has 1 aromatic carbocycles. The fourth-order valence-electron chi connectivity index (χ4n) is 1.93. The first-order chi connectivity index (χ1) is 9.33. The highest BCUT2D eigenvalue weighted by Gasteiger charge is 2.03. The van der Waals surface area contributed by atoms with E-state index in [4.69, 9.17) is 11.6 Å². The van der Waals surface area contributed by atoms with E-state index < -0.39 is 0 Å². The molecule has 3 rings (SSSR count). The van der Waals surface area contributed by atoms with E-state index in [9.17, 15) is 0 Å². The Morgan fingerprint density at radius 1 is 1.00 bits per heavy atom. The number of fused-ring (bicyclic) bond motifs is 1. The Morgan fingerprint density at radius 2 is 1.84 bits per heavy atom. The van der Waals surface area contributed by atoms with Gasteiger partial charge in [-0.2, -0.15) is 0 Å². The third-order valence-corrected chi connectivity index (χ3v) is 3.16. The second kappa shape index (κ2) is 5.38. The Bertz CT molecular complexity index is 675. The van der Waals surface area contributed by atoms with E-state index in [0.29, 0.717) is 6.54 Å². The topological polar surface area (TPSA) is 42.2 Å². The summed E-state index contributed by atoms with van der Waals surface area (Å²) in [5.41, 5.74) is 2.06. The molecule has 0 spiro atoms. The van der Waals surface area contributed by atoms with Crippen molar-refractivity contribution in [3.63, 3.8) is 0 Å². The van der Waals surface area contributed by atoms with Crippen LogP contribution in [0.25, 0.3) is 5.65 Å². The first-order valence-electron chi connectivity index (χ1n) is 6.07. The predicted octanol–water partition coefficient (Wildman–Crippen LogP) is 2.67. The summed E-state index contributed by atoms with van der Waals surface area (Å²) in [6.45, 7) is 1.45. The molecule has 0 unspecified atom stereocenters. The molecule has 0 aliphatic heterocycles. The van der Waals surface area contributed by atoms with Gasteiger partial charge in [-0.25, -0.2) is 0 Å². The van der Waals surface area contributed by atoms with Crippen LogP contribution in [0.5, 0.6) is 0 Å². The van der Waals surface area contributed by atoms with Crippen LogP contribution >= 0.6 is 11.6 Å². The van der Waals surface area contributed by atoms with Crippen molar-refractivity contribution in [2.24, 2.45) is 0 Å². The molecule has 19 heavy (non-hydrogen) atoms. The molecule has 96 valence electrons. The largest absolute Gasteiger partial charge is 0.306 e. The molecule has 0 bridgehead atoms. The number of aromatic nitrogens is 3. The van der Waals surface area contributed by atoms with Gasteiger partial charge in [0.1, 0.15) is 0 Å². The van der Waals surface area contributed by atoms with Gasteiger partial charge >= 0.3 is 0 Å². The van der Waals surface area contributed by atoms with Crippen LogP contribution in [-0.2, 0) is 13.1 Å². The van der Waals surface area contributed by atoms with Gasteiger partial charge in [0, 0.05) is 17.8 Å². The molecule has 0 fully saturated rings. The number of hydrogen-bond acceptors (Lipinski definition) is 3. The zero-order valence-electron chi connectivity index (χ0n) is 10.3. The van der Waals surface area contributed by atoms with Gasteiger partial charge in [0.15, 0.2) is 11.5 Å². The molecular weight excluding hydrogens is 260 g/mol. The van der Waals surface area contributed by atoms with Gasteiger partial charge in [0.2, 0.25) is 0 Å². The summed E-state index contributed by atoms with van der Waals surface area (Å²) in [7, 11) is 0. The molecule has 4 nitrogen and oxygen atoms in total. The summed E-state index contributed by atoms with van der Waals surface area (Å²) in [6, 6.07) is 13.7. The highest BCUT2D eigenvalue weighted by molar-refractivity contribution is 6.30. The number of hydrogen-bond donors (Lipinski definition) is 1. The second-order valence-corrected chi connectivity index (χ2v) is 4.71. The van der Waals surface area contributed by atoms with E-state index in [1.165, 1.54) is 5.56 Å². The fourth-order valence-corrected chi connectivity index (χ4v) is 2.06. The maximum absolute atomic E-state index is 5.85. The summed E-state index contributed by atoms with van der Waals surface area (Å²) in [5, 5.41) is 12.4. The number of pyridine rings is 1. The highest BCUT2D eigenvalue weighted by Crippen LogP contribution is 2.09. The first kappa shape index (κ1) is 12.1. The van der Waals surface area contributed by atoms with Crippen LogP contribution in [-0.4, -0.2) is 14.6 Å². The molecule has 1 N–H and O–H groups in total. The summed E-state index contributed by atoms with van der Waals surface area (Å²) in [6.07, 6.45) is 1.97. The quantitative estimate of drug-likeness (QED) is 0.794. The number of rotatable bonds is 4. The summed E-state index contributed by atoms with van der Waals surface area (Å²) in [4.78, 5) is 0. The van der Waals surface area contributed by atoms with Crippen molar-refractivity contribution in [3.8, 4) is 0 Å². The van der Waals surface area contributed by atoms with Gasteiger partial charge in [0.25, 0.3) is 0 Å². The van der Waals surface area contributed by atoms with Crippen molar-refractivity contribution in [2.45, 2.75) is 13.1 Å². The molecule has 3 aromatic rings. The maximum atomic E-state index is 5.85. The van der Waals surface area contributed by atoms with E-state index in [-0.39, 0.29) is 0 Å². The van der Waals surface area contributed by atoms with Gasteiger partial charge in [0.05, 0.1) is 6.54 Å². The van der Waals surface area contributed by atoms with E-state index in [1.54, 1.807) is 0 Å². The third-order valence-electron chi connectivity index (χ3n) is 2.91. The van der Waals surface area contributed by atoms with Crippen molar-refractivity contribution in [3.05, 3.63) is 65.1 Å².